The molecule has 0 radical (unpaired) electrons. The Bertz CT molecular complexity index is 1010. The van der Waals surface area contributed by atoms with E-state index in [1.165, 1.54) is 24.3 Å². The van der Waals surface area contributed by atoms with Crippen molar-refractivity contribution in [3.05, 3.63) is 69.9 Å². The molecule has 0 spiro atoms. The summed E-state index contributed by atoms with van der Waals surface area (Å²) in [6, 6.07) is 8.54. The molecule has 1 amide bonds. The number of thiazole rings is 1. The van der Waals surface area contributed by atoms with E-state index in [0.717, 1.165) is 29.5 Å². The third-order valence-electron chi connectivity index (χ3n) is 3.54. The van der Waals surface area contributed by atoms with Crippen LogP contribution in [-0.4, -0.2) is 10.9 Å². The number of hydrogen-bond acceptors (Lipinski definition) is 4. The molecule has 0 saturated carbocycles. The molecule has 3 aromatic rings. The van der Waals surface area contributed by atoms with Crippen LogP contribution in [0.15, 0.2) is 47.8 Å². The van der Waals surface area contributed by atoms with Gasteiger partial charge in [0.2, 0.25) is 5.91 Å². The molecule has 146 valence electrons. The van der Waals surface area contributed by atoms with Gasteiger partial charge in [-0.05, 0) is 36.4 Å². The van der Waals surface area contributed by atoms with Crippen LogP contribution in [0.25, 0.3) is 0 Å². The van der Waals surface area contributed by atoms with Crippen molar-refractivity contribution in [1.82, 2.24) is 4.98 Å². The third-order valence-corrected chi connectivity index (χ3v) is 4.63. The quantitative estimate of drug-likeness (QED) is 0.498. The van der Waals surface area contributed by atoms with Gasteiger partial charge in [0, 0.05) is 16.8 Å². The number of halogens is 5. The number of hydrogen-bond donors (Lipinski definition) is 2. The lowest BCUT2D eigenvalue weighted by Gasteiger charge is -2.09. The van der Waals surface area contributed by atoms with Crippen molar-refractivity contribution in [3.8, 4) is 0 Å². The topological polar surface area (TPSA) is 54.0 Å². The molecule has 3 rings (SSSR count). The molecule has 0 unspecified atom stereocenters. The molecule has 4 nitrogen and oxygen atoms in total. The molecule has 0 aliphatic rings. The molecule has 2 N–H and O–H groups in total. The second kappa shape index (κ2) is 8.15. The lowest BCUT2D eigenvalue weighted by molar-refractivity contribution is -0.137. The van der Waals surface area contributed by atoms with Gasteiger partial charge in [-0.3, -0.25) is 4.79 Å². The van der Waals surface area contributed by atoms with Gasteiger partial charge in [0.1, 0.15) is 5.82 Å². The number of nitrogens with one attached hydrogen (secondary N) is 2. The number of carbonyl (C=O) groups is 1. The van der Waals surface area contributed by atoms with Gasteiger partial charge in [0.15, 0.2) is 5.13 Å². The maximum atomic E-state index is 13.1. The van der Waals surface area contributed by atoms with Crippen LogP contribution < -0.4 is 10.6 Å². The average Bonchev–Trinajstić information content (AvgIpc) is 3.04. The fourth-order valence-electron chi connectivity index (χ4n) is 2.29. The highest BCUT2D eigenvalue weighted by Crippen LogP contribution is 2.31. The van der Waals surface area contributed by atoms with Crippen LogP contribution in [0.1, 0.15) is 11.3 Å². The molecule has 10 heteroatoms. The molecular weight excluding hydrogens is 418 g/mol. The minimum Gasteiger partial charge on any atom is -0.332 e. The smallest absolute Gasteiger partial charge is 0.332 e. The molecule has 0 fully saturated rings. The summed E-state index contributed by atoms with van der Waals surface area (Å²) >= 11 is 6.82. The van der Waals surface area contributed by atoms with Crippen LogP contribution in [0.5, 0.6) is 0 Å². The first-order valence-electron chi connectivity index (χ1n) is 7.84. The third kappa shape index (κ3) is 5.20. The number of benzene rings is 2. The van der Waals surface area contributed by atoms with E-state index in [4.69, 9.17) is 11.6 Å². The predicted molar refractivity (Wildman–Crippen MR) is 101 cm³/mol. The number of carbonyl (C=O) groups excluding carboxylic acids is 1. The molecule has 0 aliphatic carbocycles. The van der Waals surface area contributed by atoms with Crippen molar-refractivity contribution in [3.63, 3.8) is 0 Å². The zero-order chi connectivity index (χ0) is 20.3. The van der Waals surface area contributed by atoms with Crippen molar-refractivity contribution in [2.75, 3.05) is 10.6 Å². The highest BCUT2D eigenvalue weighted by molar-refractivity contribution is 7.13. The van der Waals surface area contributed by atoms with Crippen molar-refractivity contribution in [2.45, 2.75) is 12.6 Å². The Morgan fingerprint density at radius 1 is 1.14 bits per heavy atom. The van der Waals surface area contributed by atoms with Crippen LogP contribution in [-0.2, 0) is 17.4 Å². The van der Waals surface area contributed by atoms with E-state index in [2.05, 4.69) is 15.6 Å². The van der Waals surface area contributed by atoms with Crippen molar-refractivity contribution >= 4 is 45.4 Å². The Labute approximate surface area is 166 Å². The zero-order valence-electron chi connectivity index (χ0n) is 14.0. The lowest BCUT2D eigenvalue weighted by atomic mass is 10.2. The molecule has 1 aromatic heterocycles. The molecule has 0 bridgehead atoms. The van der Waals surface area contributed by atoms with E-state index >= 15 is 0 Å². The SMILES string of the molecule is O=C(Cc1csc(Nc2cccc(C(F)(F)F)c2)n1)Nc1ccc(F)c(Cl)c1. The Morgan fingerprint density at radius 2 is 1.93 bits per heavy atom. The summed E-state index contributed by atoms with van der Waals surface area (Å²) in [5.74, 6) is -0.983. The molecule has 28 heavy (non-hydrogen) atoms. The van der Waals surface area contributed by atoms with Crippen molar-refractivity contribution < 1.29 is 22.4 Å². The molecule has 0 atom stereocenters. The normalized spacial score (nSPS) is 11.3. The maximum Gasteiger partial charge on any atom is 0.416 e. The Balaban J connectivity index is 1.62. The summed E-state index contributed by atoms with van der Waals surface area (Å²) in [5, 5.41) is 7.22. The summed E-state index contributed by atoms with van der Waals surface area (Å²) in [5.41, 5.74) is 0.242. The summed E-state index contributed by atoms with van der Waals surface area (Å²) in [7, 11) is 0. The first-order valence-corrected chi connectivity index (χ1v) is 9.10. The summed E-state index contributed by atoms with van der Waals surface area (Å²) in [4.78, 5) is 16.3. The monoisotopic (exact) mass is 429 g/mol. The molecule has 1 heterocycles. The maximum absolute atomic E-state index is 13.1. The van der Waals surface area contributed by atoms with Crippen LogP contribution in [0.4, 0.5) is 34.1 Å². The Kier molecular flexibility index (Phi) is 5.85. The fourth-order valence-corrected chi connectivity index (χ4v) is 3.20. The number of nitrogens with zero attached hydrogens (tertiary/aromatic N) is 1. The summed E-state index contributed by atoms with van der Waals surface area (Å²) < 4.78 is 51.4. The van der Waals surface area contributed by atoms with Gasteiger partial charge in [0.25, 0.3) is 0 Å². The highest BCUT2D eigenvalue weighted by Gasteiger charge is 2.30. The Morgan fingerprint density at radius 3 is 2.64 bits per heavy atom. The highest BCUT2D eigenvalue weighted by atomic mass is 35.5. The summed E-state index contributed by atoms with van der Waals surface area (Å²) in [6.45, 7) is 0. The Hall–Kier alpha value is -2.65. The van der Waals surface area contributed by atoms with Gasteiger partial charge in [0.05, 0.1) is 22.7 Å². The van der Waals surface area contributed by atoms with Gasteiger partial charge in [-0.2, -0.15) is 13.2 Å². The first kappa shape index (κ1) is 20.1. The van der Waals surface area contributed by atoms with Crippen LogP contribution in [0, 0.1) is 5.82 Å². The van der Waals surface area contributed by atoms with E-state index in [0.29, 0.717) is 16.5 Å². The van der Waals surface area contributed by atoms with E-state index in [-0.39, 0.29) is 17.1 Å². The number of anilines is 3. The van der Waals surface area contributed by atoms with E-state index in [1.807, 2.05) is 0 Å². The second-order valence-electron chi connectivity index (χ2n) is 5.70. The van der Waals surface area contributed by atoms with Gasteiger partial charge >= 0.3 is 6.18 Å². The van der Waals surface area contributed by atoms with Gasteiger partial charge in [-0.15, -0.1) is 11.3 Å². The molecular formula is C18H12ClF4N3OS. The van der Waals surface area contributed by atoms with Gasteiger partial charge in [-0.25, -0.2) is 9.37 Å². The predicted octanol–water partition coefficient (Wildman–Crippen LogP) is 5.88. The van der Waals surface area contributed by atoms with Gasteiger partial charge in [-0.1, -0.05) is 17.7 Å². The minimum atomic E-state index is -4.44. The number of aromatic nitrogens is 1. The van der Waals surface area contributed by atoms with E-state index in [1.54, 1.807) is 5.38 Å². The second-order valence-corrected chi connectivity index (χ2v) is 6.97. The van der Waals surface area contributed by atoms with Gasteiger partial charge < -0.3 is 10.6 Å². The molecule has 2 aromatic carbocycles. The van der Waals surface area contributed by atoms with Crippen molar-refractivity contribution in [1.29, 1.82) is 0 Å². The fraction of sp³-hybridized carbons (Fsp3) is 0.111. The first-order chi connectivity index (χ1) is 13.2. The standard InChI is InChI=1S/C18H12ClF4N3OS/c19-14-7-12(4-5-15(14)20)24-16(27)8-13-9-28-17(26-13)25-11-3-1-2-10(6-11)18(21,22)23/h1-7,9H,8H2,(H,24,27)(H,25,26). The van der Waals surface area contributed by atoms with Crippen LogP contribution in [0.3, 0.4) is 0 Å². The van der Waals surface area contributed by atoms with Crippen LogP contribution in [0.2, 0.25) is 5.02 Å². The number of rotatable bonds is 5. The number of amides is 1. The van der Waals surface area contributed by atoms with Crippen LogP contribution >= 0.6 is 22.9 Å². The molecule has 0 aliphatic heterocycles. The summed E-state index contributed by atoms with van der Waals surface area (Å²) in [6.07, 6.45) is -4.50. The number of alkyl halides is 3. The average molecular weight is 430 g/mol. The largest absolute Gasteiger partial charge is 0.416 e. The zero-order valence-corrected chi connectivity index (χ0v) is 15.6. The molecule has 0 saturated heterocycles. The van der Waals surface area contributed by atoms with E-state index in [9.17, 15) is 22.4 Å². The lowest BCUT2D eigenvalue weighted by Crippen LogP contribution is -2.14. The van der Waals surface area contributed by atoms with E-state index < -0.39 is 23.5 Å². The minimum absolute atomic E-state index is 0.0598. The van der Waals surface area contributed by atoms with Crippen molar-refractivity contribution in [2.24, 2.45) is 0 Å².